The van der Waals surface area contributed by atoms with Crippen molar-refractivity contribution in [2.75, 3.05) is 23.4 Å². The summed E-state index contributed by atoms with van der Waals surface area (Å²) in [6, 6.07) is 13.5. The van der Waals surface area contributed by atoms with E-state index in [1.807, 2.05) is 6.07 Å². The smallest absolute Gasteiger partial charge is 0.242 e. The Morgan fingerprint density at radius 2 is 1.85 bits per heavy atom. The number of para-hydroxylation sites is 1. The Labute approximate surface area is 161 Å². The highest BCUT2D eigenvalue weighted by molar-refractivity contribution is 7.89. The first-order valence-electron chi connectivity index (χ1n) is 7.84. The highest BCUT2D eigenvalue weighted by Gasteiger charge is 2.17. The SMILES string of the molecule is CNS(=O)(=O)c1ccccc1Nc1nc(Nc2cccc(N)c2)ncc1Cl. The molecule has 5 N–H and O–H groups in total. The molecule has 0 saturated carbocycles. The van der Waals surface area contributed by atoms with Crippen molar-refractivity contribution < 1.29 is 8.42 Å². The third-order valence-electron chi connectivity index (χ3n) is 3.59. The van der Waals surface area contributed by atoms with Gasteiger partial charge in [-0.25, -0.2) is 18.1 Å². The Hall–Kier alpha value is -2.88. The fourth-order valence-corrected chi connectivity index (χ4v) is 3.33. The van der Waals surface area contributed by atoms with E-state index < -0.39 is 10.0 Å². The van der Waals surface area contributed by atoms with Crippen molar-refractivity contribution in [2.45, 2.75) is 4.90 Å². The maximum atomic E-state index is 12.2. The molecule has 8 nitrogen and oxygen atoms in total. The number of rotatable bonds is 6. The number of nitrogens with zero attached hydrogens (tertiary/aromatic N) is 2. The lowest BCUT2D eigenvalue weighted by Crippen LogP contribution is -2.19. The van der Waals surface area contributed by atoms with Gasteiger partial charge >= 0.3 is 0 Å². The van der Waals surface area contributed by atoms with Crippen LogP contribution in [0.3, 0.4) is 0 Å². The lowest BCUT2D eigenvalue weighted by Gasteiger charge is -2.13. The van der Waals surface area contributed by atoms with E-state index in [0.717, 1.165) is 0 Å². The molecule has 1 aromatic heterocycles. The average Bonchev–Trinajstić information content (AvgIpc) is 2.65. The molecule has 0 aliphatic carbocycles. The van der Waals surface area contributed by atoms with Crippen LogP contribution in [0.4, 0.5) is 28.8 Å². The van der Waals surface area contributed by atoms with Gasteiger partial charge in [-0.05, 0) is 37.4 Å². The van der Waals surface area contributed by atoms with Crippen molar-refractivity contribution in [1.29, 1.82) is 0 Å². The van der Waals surface area contributed by atoms with Gasteiger partial charge in [0.25, 0.3) is 0 Å². The lowest BCUT2D eigenvalue weighted by molar-refractivity contribution is 0.588. The number of anilines is 5. The minimum atomic E-state index is -3.65. The van der Waals surface area contributed by atoms with Crippen molar-refractivity contribution >= 4 is 50.5 Å². The van der Waals surface area contributed by atoms with Gasteiger partial charge < -0.3 is 16.4 Å². The molecule has 0 aliphatic heterocycles. The highest BCUT2D eigenvalue weighted by Crippen LogP contribution is 2.28. The summed E-state index contributed by atoms with van der Waals surface area (Å²) in [5.74, 6) is 0.540. The quantitative estimate of drug-likeness (QED) is 0.465. The predicted octanol–water partition coefficient (Wildman–Crippen LogP) is 3.11. The number of halogens is 1. The van der Waals surface area contributed by atoms with Crippen molar-refractivity contribution in [3.05, 3.63) is 59.8 Å². The largest absolute Gasteiger partial charge is 0.399 e. The van der Waals surface area contributed by atoms with Crippen molar-refractivity contribution in [3.63, 3.8) is 0 Å². The molecule has 27 heavy (non-hydrogen) atoms. The molecule has 3 rings (SSSR count). The summed E-state index contributed by atoms with van der Waals surface area (Å²) in [5.41, 5.74) is 7.40. The van der Waals surface area contributed by atoms with Gasteiger partial charge in [0, 0.05) is 11.4 Å². The van der Waals surface area contributed by atoms with Crippen LogP contribution in [0, 0.1) is 0 Å². The predicted molar refractivity (Wildman–Crippen MR) is 107 cm³/mol. The Morgan fingerprint density at radius 1 is 1.07 bits per heavy atom. The van der Waals surface area contributed by atoms with Crippen LogP contribution in [0.25, 0.3) is 0 Å². The monoisotopic (exact) mass is 404 g/mol. The molecule has 140 valence electrons. The van der Waals surface area contributed by atoms with Crippen LogP contribution in [-0.4, -0.2) is 25.4 Å². The zero-order valence-electron chi connectivity index (χ0n) is 14.3. The molecule has 2 aromatic carbocycles. The van der Waals surface area contributed by atoms with E-state index in [0.29, 0.717) is 17.1 Å². The van der Waals surface area contributed by atoms with Crippen LogP contribution in [0.2, 0.25) is 5.02 Å². The highest BCUT2D eigenvalue weighted by atomic mass is 35.5. The van der Waals surface area contributed by atoms with Crippen LogP contribution in [0.5, 0.6) is 0 Å². The number of sulfonamides is 1. The molecule has 0 amide bonds. The van der Waals surface area contributed by atoms with Gasteiger partial charge in [0.15, 0.2) is 5.82 Å². The zero-order chi connectivity index (χ0) is 19.4. The van der Waals surface area contributed by atoms with Crippen molar-refractivity contribution in [3.8, 4) is 0 Å². The normalized spacial score (nSPS) is 11.2. The van der Waals surface area contributed by atoms with Crippen LogP contribution >= 0.6 is 11.6 Å². The number of hydrogen-bond donors (Lipinski definition) is 4. The van der Waals surface area contributed by atoms with E-state index in [9.17, 15) is 8.42 Å². The second-order valence-electron chi connectivity index (χ2n) is 5.47. The van der Waals surface area contributed by atoms with E-state index in [1.165, 1.54) is 19.3 Å². The van der Waals surface area contributed by atoms with E-state index in [2.05, 4.69) is 25.3 Å². The lowest BCUT2D eigenvalue weighted by atomic mass is 10.3. The first-order valence-corrected chi connectivity index (χ1v) is 9.70. The molecule has 0 unspecified atom stereocenters. The first-order chi connectivity index (χ1) is 12.9. The number of nitrogens with one attached hydrogen (secondary N) is 3. The van der Waals surface area contributed by atoms with Crippen molar-refractivity contribution in [2.24, 2.45) is 0 Å². The fourth-order valence-electron chi connectivity index (χ4n) is 2.30. The van der Waals surface area contributed by atoms with Crippen LogP contribution in [-0.2, 0) is 10.0 Å². The fraction of sp³-hybridized carbons (Fsp3) is 0.0588. The third kappa shape index (κ3) is 4.45. The Bertz CT molecular complexity index is 1070. The second-order valence-corrected chi connectivity index (χ2v) is 7.73. The standard InChI is InChI=1S/C17H17ClN6O2S/c1-20-27(25,26)15-8-3-2-7-14(15)23-16-13(18)10-21-17(24-16)22-12-6-4-5-11(19)9-12/h2-10,20H,19H2,1H3,(H2,21,22,23,24). The average molecular weight is 405 g/mol. The summed E-state index contributed by atoms with van der Waals surface area (Å²) in [5, 5.41) is 6.22. The second kappa shape index (κ2) is 7.78. The van der Waals surface area contributed by atoms with E-state index in [1.54, 1.807) is 36.4 Å². The Morgan fingerprint density at radius 3 is 2.59 bits per heavy atom. The number of benzene rings is 2. The molecule has 0 saturated heterocycles. The summed E-state index contributed by atoms with van der Waals surface area (Å²) in [4.78, 5) is 8.52. The molecule has 10 heteroatoms. The molecule has 0 aliphatic rings. The number of hydrogen-bond acceptors (Lipinski definition) is 7. The molecule has 0 bridgehead atoms. The van der Waals surface area contributed by atoms with Gasteiger partial charge in [-0.15, -0.1) is 0 Å². The Balaban J connectivity index is 1.93. The molecular formula is C17H17ClN6O2S. The van der Waals surface area contributed by atoms with E-state index in [4.69, 9.17) is 17.3 Å². The molecule has 0 radical (unpaired) electrons. The minimum absolute atomic E-state index is 0.0764. The van der Waals surface area contributed by atoms with Crippen LogP contribution in [0.15, 0.2) is 59.6 Å². The molecule has 3 aromatic rings. The number of nitrogen functional groups attached to an aromatic ring is 1. The van der Waals surface area contributed by atoms with Crippen molar-refractivity contribution in [1.82, 2.24) is 14.7 Å². The first kappa shape index (κ1) is 18.9. The van der Waals surface area contributed by atoms with E-state index >= 15 is 0 Å². The third-order valence-corrected chi connectivity index (χ3v) is 5.33. The minimum Gasteiger partial charge on any atom is -0.399 e. The summed E-state index contributed by atoms with van der Waals surface area (Å²) in [6.45, 7) is 0. The molecule has 0 atom stereocenters. The number of nitrogens with two attached hydrogens (primary N) is 1. The maximum Gasteiger partial charge on any atom is 0.242 e. The summed E-state index contributed by atoms with van der Waals surface area (Å²) >= 11 is 6.17. The summed E-state index contributed by atoms with van der Waals surface area (Å²) in [6.07, 6.45) is 1.42. The molecular weight excluding hydrogens is 388 g/mol. The van der Waals surface area contributed by atoms with Gasteiger partial charge in [0.1, 0.15) is 9.92 Å². The molecule has 1 heterocycles. The maximum absolute atomic E-state index is 12.2. The molecule has 0 fully saturated rings. The van der Waals surface area contributed by atoms with Gasteiger partial charge in [-0.2, -0.15) is 4.98 Å². The molecule has 0 spiro atoms. The summed E-state index contributed by atoms with van der Waals surface area (Å²) in [7, 11) is -2.31. The van der Waals surface area contributed by atoms with Crippen LogP contribution in [0.1, 0.15) is 0 Å². The van der Waals surface area contributed by atoms with E-state index in [-0.39, 0.29) is 21.7 Å². The topological polar surface area (TPSA) is 122 Å². The van der Waals surface area contributed by atoms with Gasteiger partial charge in [-0.3, -0.25) is 0 Å². The number of aromatic nitrogens is 2. The van der Waals surface area contributed by atoms with Crippen LogP contribution < -0.4 is 21.1 Å². The Kier molecular flexibility index (Phi) is 5.45. The van der Waals surface area contributed by atoms with Gasteiger partial charge in [0.2, 0.25) is 16.0 Å². The summed E-state index contributed by atoms with van der Waals surface area (Å²) < 4.78 is 26.7. The van der Waals surface area contributed by atoms with Gasteiger partial charge in [-0.1, -0.05) is 29.8 Å². The zero-order valence-corrected chi connectivity index (χ0v) is 15.8. The van der Waals surface area contributed by atoms with Gasteiger partial charge in [0.05, 0.1) is 11.9 Å².